The van der Waals surface area contributed by atoms with Gasteiger partial charge in [-0.15, -0.1) is 0 Å². The Kier molecular flexibility index (Phi) is 6.77. The molecule has 130 valence electrons. The predicted molar refractivity (Wildman–Crippen MR) is 104 cm³/mol. The van der Waals surface area contributed by atoms with Crippen molar-refractivity contribution in [1.29, 1.82) is 5.41 Å². The highest BCUT2D eigenvalue weighted by Gasteiger charge is 2.09. The van der Waals surface area contributed by atoms with Crippen LogP contribution in [0.1, 0.15) is 12.0 Å². The normalized spacial score (nSPS) is 10.5. The van der Waals surface area contributed by atoms with Gasteiger partial charge in [-0.2, -0.15) is 0 Å². The smallest absolute Gasteiger partial charge is 0.221 e. The summed E-state index contributed by atoms with van der Waals surface area (Å²) < 4.78 is 0. The zero-order valence-corrected chi connectivity index (χ0v) is 14.6. The van der Waals surface area contributed by atoms with Gasteiger partial charge in [-0.05, 0) is 35.5 Å². The summed E-state index contributed by atoms with van der Waals surface area (Å²) in [5, 5.41) is 17.1. The van der Waals surface area contributed by atoms with E-state index in [1.54, 1.807) is 26.4 Å². The minimum atomic E-state index is -0.0138. The Hall–Kier alpha value is -3.08. The third-order valence-electron chi connectivity index (χ3n) is 3.78. The monoisotopic (exact) mass is 336 g/mol. The van der Waals surface area contributed by atoms with Crippen molar-refractivity contribution in [2.75, 3.05) is 26.0 Å². The Morgan fingerprint density at radius 3 is 2.52 bits per heavy atom. The lowest BCUT2D eigenvalue weighted by Crippen LogP contribution is -2.21. The molecule has 4 N–H and O–H groups in total. The molecule has 0 unspecified atom stereocenters. The van der Waals surface area contributed by atoms with Gasteiger partial charge in [0.25, 0.3) is 0 Å². The van der Waals surface area contributed by atoms with Gasteiger partial charge in [0, 0.05) is 38.3 Å². The van der Waals surface area contributed by atoms with Crippen LogP contribution in [0, 0.1) is 5.41 Å². The Bertz CT molecular complexity index is 754. The minimum absolute atomic E-state index is 0.0138. The summed E-state index contributed by atoms with van der Waals surface area (Å²) in [6, 6.07) is 16.1. The number of allylic oxidation sites excluding steroid dienone is 1. The highest BCUT2D eigenvalue weighted by molar-refractivity contribution is 6.10. The number of benzene rings is 2. The molecule has 0 aromatic heterocycles. The fourth-order valence-corrected chi connectivity index (χ4v) is 2.42. The van der Waals surface area contributed by atoms with E-state index in [1.807, 2.05) is 48.5 Å². The minimum Gasteiger partial charge on any atom is -0.394 e. The van der Waals surface area contributed by atoms with E-state index in [0.717, 1.165) is 22.4 Å². The molecular formula is C20H24N4O. The molecule has 0 aliphatic rings. The molecule has 5 nitrogen and oxygen atoms in total. The molecule has 0 aliphatic carbocycles. The van der Waals surface area contributed by atoms with Gasteiger partial charge >= 0.3 is 0 Å². The second kappa shape index (κ2) is 9.27. The number of nitrogens with one attached hydrogen (secondary N) is 4. The maximum absolute atomic E-state index is 11.4. The van der Waals surface area contributed by atoms with Gasteiger partial charge in [0.05, 0.1) is 5.71 Å². The zero-order valence-electron chi connectivity index (χ0n) is 14.6. The number of anilines is 1. The number of carbonyl (C=O) groups excluding carboxylic acids is 1. The Labute approximate surface area is 148 Å². The van der Waals surface area contributed by atoms with Crippen molar-refractivity contribution in [3.63, 3.8) is 0 Å². The van der Waals surface area contributed by atoms with E-state index in [9.17, 15) is 4.79 Å². The molecule has 0 heterocycles. The van der Waals surface area contributed by atoms with E-state index in [1.165, 1.54) is 0 Å². The van der Waals surface area contributed by atoms with Crippen molar-refractivity contribution < 1.29 is 4.79 Å². The van der Waals surface area contributed by atoms with E-state index in [4.69, 9.17) is 5.41 Å². The van der Waals surface area contributed by atoms with Gasteiger partial charge in [0.15, 0.2) is 0 Å². The second-order valence-electron chi connectivity index (χ2n) is 5.51. The first-order valence-electron chi connectivity index (χ1n) is 8.22. The number of rotatable bonds is 8. The van der Waals surface area contributed by atoms with Crippen LogP contribution in [-0.4, -0.2) is 32.3 Å². The Balaban J connectivity index is 2.29. The molecule has 0 aliphatic heterocycles. The van der Waals surface area contributed by atoms with Gasteiger partial charge in [0.2, 0.25) is 5.91 Å². The summed E-state index contributed by atoms with van der Waals surface area (Å²) in [5.74, 6) is -0.0138. The number of carbonyl (C=O) groups is 1. The van der Waals surface area contributed by atoms with Crippen molar-refractivity contribution in [1.82, 2.24) is 10.6 Å². The van der Waals surface area contributed by atoms with Gasteiger partial charge in [0.1, 0.15) is 0 Å². The van der Waals surface area contributed by atoms with E-state index >= 15 is 0 Å². The van der Waals surface area contributed by atoms with E-state index < -0.39 is 0 Å². The summed E-state index contributed by atoms with van der Waals surface area (Å²) in [5.41, 5.74) is 4.19. The van der Waals surface area contributed by atoms with Crippen LogP contribution in [0.2, 0.25) is 0 Å². The van der Waals surface area contributed by atoms with Crippen LogP contribution >= 0.6 is 0 Å². The zero-order chi connectivity index (χ0) is 18.1. The SMILES string of the molecule is CN/C=C\C(=N)c1cc(-c2ccccc2)ccc1NCCC(=O)NC. The molecule has 2 rings (SSSR count). The predicted octanol–water partition coefficient (Wildman–Crippen LogP) is 3.00. The average molecular weight is 336 g/mol. The first-order valence-corrected chi connectivity index (χ1v) is 8.22. The summed E-state index contributed by atoms with van der Waals surface area (Å²) >= 11 is 0. The topological polar surface area (TPSA) is 77.0 Å². The second-order valence-corrected chi connectivity index (χ2v) is 5.51. The Morgan fingerprint density at radius 1 is 1.08 bits per heavy atom. The number of hydrogen-bond donors (Lipinski definition) is 4. The molecule has 0 saturated carbocycles. The lowest BCUT2D eigenvalue weighted by atomic mass is 9.99. The molecule has 0 radical (unpaired) electrons. The fourth-order valence-electron chi connectivity index (χ4n) is 2.42. The van der Waals surface area contributed by atoms with Crippen molar-refractivity contribution in [2.24, 2.45) is 0 Å². The molecule has 5 heteroatoms. The lowest BCUT2D eigenvalue weighted by molar-refractivity contribution is -0.120. The summed E-state index contributed by atoms with van der Waals surface area (Å²) in [6.45, 7) is 0.514. The lowest BCUT2D eigenvalue weighted by Gasteiger charge is -2.13. The van der Waals surface area contributed by atoms with Crippen LogP contribution in [0.25, 0.3) is 11.1 Å². The molecular weight excluding hydrogens is 312 g/mol. The summed E-state index contributed by atoms with van der Waals surface area (Å²) in [6.07, 6.45) is 3.83. The van der Waals surface area contributed by atoms with Gasteiger partial charge in [-0.25, -0.2) is 0 Å². The standard InChI is InChI=1S/C20H24N4O/c1-22-12-10-18(21)17-14-16(15-6-4-3-5-7-15)8-9-19(17)24-13-11-20(25)23-2/h3-10,12,14,21-22,24H,11,13H2,1-2H3,(H,23,25)/b12-10-,21-18?. The highest BCUT2D eigenvalue weighted by atomic mass is 16.1. The molecule has 0 atom stereocenters. The third-order valence-corrected chi connectivity index (χ3v) is 3.78. The molecule has 2 aromatic rings. The maximum atomic E-state index is 11.4. The molecule has 2 aromatic carbocycles. The van der Waals surface area contributed by atoms with Gasteiger partial charge in [-0.3, -0.25) is 4.79 Å². The van der Waals surface area contributed by atoms with Crippen molar-refractivity contribution in [3.05, 3.63) is 66.4 Å². The number of hydrogen-bond acceptors (Lipinski definition) is 4. The Morgan fingerprint density at radius 2 is 1.84 bits per heavy atom. The van der Waals surface area contributed by atoms with Gasteiger partial charge in [-0.1, -0.05) is 36.4 Å². The van der Waals surface area contributed by atoms with Gasteiger partial charge < -0.3 is 21.4 Å². The maximum Gasteiger partial charge on any atom is 0.221 e. The van der Waals surface area contributed by atoms with Crippen molar-refractivity contribution >= 4 is 17.3 Å². The van der Waals surface area contributed by atoms with E-state index in [2.05, 4.69) is 16.0 Å². The summed E-state index contributed by atoms with van der Waals surface area (Å²) in [7, 11) is 3.42. The fraction of sp³-hybridized carbons (Fsp3) is 0.200. The molecule has 0 fully saturated rings. The molecule has 25 heavy (non-hydrogen) atoms. The van der Waals surface area contributed by atoms with E-state index in [0.29, 0.717) is 18.7 Å². The third kappa shape index (κ3) is 5.21. The highest BCUT2D eigenvalue weighted by Crippen LogP contribution is 2.26. The summed E-state index contributed by atoms with van der Waals surface area (Å²) in [4.78, 5) is 11.4. The first-order chi connectivity index (χ1) is 12.2. The average Bonchev–Trinajstić information content (AvgIpc) is 2.66. The van der Waals surface area contributed by atoms with Crippen LogP contribution in [0.4, 0.5) is 5.69 Å². The van der Waals surface area contributed by atoms with Crippen LogP contribution in [0.3, 0.4) is 0 Å². The van der Waals surface area contributed by atoms with Crippen molar-refractivity contribution in [3.8, 4) is 11.1 Å². The van der Waals surface area contributed by atoms with Crippen LogP contribution in [-0.2, 0) is 4.79 Å². The molecule has 0 bridgehead atoms. The largest absolute Gasteiger partial charge is 0.394 e. The van der Waals surface area contributed by atoms with Crippen LogP contribution in [0.15, 0.2) is 60.8 Å². The van der Waals surface area contributed by atoms with Crippen LogP contribution < -0.4 is 16.0 Å². The molecule has 1 amide bonds. The van der Waals surface area contributed by atoms with E-state index in [-0.39, 0.29) is 5.91 Å². The van der Waals surface area contributed by atoms with Crippen molar-refractivity contribution in [2.45, 2.75) is 6.42 Å². The molecule has 0 saturated heterocycles. The first kappa shape index (κ1) is 18.3. The number of amides is 1. The molecule has 0 spiro atoms. The van der Waals surface area contributed by atoms with Crippen LogP contribution in [0.5, 0.6) is 0 Å². The quantitative estimate of drug-likeness (QED) is 0.560.